The van der Waals surface area contributed by atoms with Gasteiger partial charge in [-0.1, -0.05) is 6.07 Å². The summed E-state index contributed by atoms with van der Waals surface area (Å²) in [6, 6.07) is 6.24. The standard InChI is InChI=1S/C17H25N3O2S.CH4O3S/c1-18-23(21,22)10-7-13-3-4-17-15(11-13)16(12-19-17)14-5-8-20(2)9-6-14;1-5(2,3)4/h3-4,11-12,14,18-19H,5-10H2,1-2H3;1H3,(H,2,3,4). The Hall–Kier alpha value is -1.46. The number of piperidine rings is 1. The summed E-state index contributed by atoms with van der Waals surface area (Å²) in [7, 11) is -3.19. The first-order valence-electron chi connectivity index (χ1n) is 9.10. The van der Waals surface area contributed by atoms with Gasteiger partial charge in [0.1, 0.15) is 0 Å². The van der Waals surface area contributed by atoms with Crippen molar-refractivity contribution < 1.29 is 21.4 Å². The maximum absolute atomic E-state index is 11.6. The molecule has 1 aliphatic rings. The number of fused-ring (bicyclic) bond motifs is 1. The molecule has 0 unspecified atom stereocenters. The van der Waals surface area contributed by atoms with Crippen LogP contribution in [-0.4, -0.2) is 70.5 Å². The first kappa shape index (κ1) is 22.8. The Kier molecular flexibility index (Phi) is 7.63. The highest BCUT2D eigenvalue weighted by atomic mass is 32.2. The van der Waals surface area contributed by atoms with Crippen molar-refractivity contribution >= 4 is 31.0 Å². The number of benzene rings is 1. The summed E-state index contributed by atoms with van der Waals surface area (Å²) >= 11 is 0. The maximum atomic E-state index is 11.6. The van der Waals surface area contributed by atoms with Crippen LogP contribution >= 0.6 is 0 Å². The van der Waals surface area contributed by atoms with E-state index >= 15 is 0 Å². The molecule has 0 radical (unpaired) electrons. The number of rotatable bonds is 5. The summed E-state index contributed by atoms with van der Waals surface area (Å²) in [4.78, 5) is 5.74. The Labute approximate surface area is 167 Å². The second-order valence-corrected chi connectivity index (χ2v) is 10.7. The second kappa shape index (κ2) is 9.36. The van der Waals surface area contributed by atoms with Gasteiger partial charge >= 0.3 is 0 Å². The lowest BCUT2D eigenvalue weighted by Gasteiger charge is -2.28. The Morgan fingerprint density at radius 2 is 1.82 bits per heavy atom. The number of nitrogens with one attached hydrogen (secondary N) is 2. The summed E-state index contributed by atoms with van der Waals surface area (Å²) in [6.07, 6.45) is 5.75. The highest BCUT2D eigenvalue weighted by Gasteiger charge is 2.21. The van der Waals surface area contributed by atoms with Gasteiger partial charge in [-0.05, 0) is 75.6 Å². The minimum atomic E-state index is -3.67. The molecule has 0 bridgehead atoms. The summed E-state index contributed by atoms with van der Waals surface area (Å²) < 4.78 is 51.5. The van der Waals surface area contributed by atoms with Crippen LogP contribution in [0.25, 0.3) is 10.9 Å². The van der Waals surface area contributed by atoms with E-state index in [-0.39, 0.29) is 5.75 Å². The second-order valence-electron chi connectivity index (χ2n) is 7.21. The first-order valence-corrected chi connectivity index (χ1v) is 12.6. The van der Waals surface area contributed by atoms with E-state index in [2.05, 4.69) is 40.0 Å². The number of hydrogen-bond donors (Lipinski definition) is 3. The van der Waals surface area contributed by atoms with Crippen molar-refractivity contribution in [3.05, 3.63) is 35.5 Å². The van der Waals surface area contributed by atoms with E-state index in [1.165, 1.54) is 30.8 Å². The van der Waals surface area contributed by atoms with E-state index in [9.17, 15) is 16.8 Å². The molecule has 1 aromatic heterocycles. The fourth-order valence-electron chi connectivity index (χ4n) is 3.36. The third-order valence-corrected chi connectivity index (χ3v) is 6.27. The first-order chi connectivity index (χ1) is 13.0. The molecule has 2 heterocycles. The van der Waals surface area contributed by atoms with E-state index in [0.717, 1.165) is 24.2 Å². The lowest BCUT2D eigenvalue weighted by Crippen LogP contribution is -2.29. The van der Waals surface area contributed by atoms with E-state index in [1.54, 1.807) is 0 Å². The molecule has 0 amide bonds. The Morgan fingerprint density at radius 3 is 2.39 bits per heavy atom. The number of aromatic amines is 1. The normalized spacial score (nSPS) is 16.7. The summed E-state index contributed by atoms with van der Waals surface area (Å²) in [6.45, 7) is 2.27. The van der Waals surface area contributed by atoms with Crippen molar-refractivity contribution in [1.82, 2.24) is 14.6 Å². The Morgan fingerprint density at radius 1 is 1.21 bits per heavy atom. The predicted octanol–water partition coefficient (Wildman–Crippen LogP) is 1.57. The van der Waals surface area contributed by atoms with Crippen molar-refractivity contribution in [2.45, 2.75) is 25.2 Å². The molecule has 0 atom stereocenters. The number of aryl methyl sites for hydroxylation is 1. The van der Waals surface area contributed by atoms with Gasteiger partial charge < -0.3 is 9.88 Å². The fraction of sp³-hybridized carbons (Fsp3) is 0.556. The minimum absolute atomic E-state index is 0.128. The topological polar surface area (TPSA) is 120 Å². The zero-order valence-electron chi connectivity index (χ0n) is 16.5. The van der Waals surface area contributed by atoms with Crippen LogP contribution in [0.3, 0.4) is 0 Å². The molecule has 0 saturated carbocycles. The molecule has 2 aromatic rings. The SMILES string of the molecule is CNS(=O)(=O)CCc1ccc2[nH]cc(C3CCN(C)CC3)c2c1.CS(=O)(=O)O. The van der Waals surface area contributed by atoms with Gasteiger partial charge in [-0.25, -0.2) is 13.1 Å². The van der Waals surface area contributed by atoms with E-state index in [0.29, 0.717) is 18.6 Å². The van der Waals surface area contributed by atoms with Crippen LogP contribution in [0.4, 0.5) is 0 Å². The Bertz CT molecular complexity index is 983. The zero-order chi connectivity index (χ0) is 20.9. The molecule has 1 aliphatic heterocycles. The highest BCUT2D eigenvalue weighted by molar-refractivity contribution is 7.89. The van der Waals surface area contributed by atoms with Gasteiger partial charge in [0.15, 0.2) is 0 Å². The molecule has 3 N–H and O–H groups in total. The van der Waals surface area contributed by atoms with Crippen molar-refractivity contribution in [2.75, 3.05) is 39.2 Å². The van der Waals surface area contributed by atoms with E-state index in [4.69, 9.17) is 4.55 Å². The predicted molar refractivity (Wildman–Crippen MR) is 112 cm³/mol. The number of nitrogens with zero attached hydrogens (tertiary/aromatic N) is 1. The monoisotopic (exact) mass is 431 g/mol. The van der Waals surface area contributed by atoms with Gasteiger partial charge in [0.2, 0.25) is 10.0 Å². The molecule has 0 aliphatic carbocycles. The largest absolute Gasteiger partial charge is 0.361 e. The lowest BCUT2D eigenvalue weighted by atomic mass is 9.89. The smallest absolute Gasteiger partial charge is 0.261 e. The fourth-order valence-corrected chi connectivity index (χ4v) is 4.07. The highest BCUT2D eigenvalue weighted by Crippen LogP contribution is 2.33. The molecule has 1 aromatic carbocycles. The minimum Gasteiger partial charge on any atom is -0.361 e. The molecule has 3 rings (SSSR count). The molecular weight excluding hydrogens is 402 g/mol. The molecule has 28 heavy (non-hydrogen) atoms. The zero-order valence-corrected chi connectivity index (χ0v) is 18.1. The van der Waals surface area contributed by atoms with Crippen LogP contribution in [0, 0.1) is 0 Å². The van der Waals surface area contributed by atoms with Crippen molar-refractivity contribution in [3.8, 4) is 0 Å². The van der Waals surface area contributed by atoms with Crippen LogP contribution in [0.1, 0.15) is 29.9 Å². The van der Waals surface area contributed by atoms with Gasteiger partial charge in [0.05, 0.1) is 12.0 Å². The van der Waals surface area contributed by atoms with Crippen molar-refractivity contribution in [2.24, 2.45) is 0 Å². The van der Waals surface area contributed by atoms with Gasteiger partial charge in [-0.15, -0.1) is 0 Å². The molecule has 8 nitrogen and oxygen atoms in total. The average molecular weight is 432 g/mol. The average Bonchev–Trinajstić information content (AvgIpc) is 3.02. The molecule has 1 fully saturated rings. The van der Waals surface area contributed by atoms with Crippen molar-refractivity contribution in [1.29, 1.82) is 0 Å². The van der Waals surface area contributed by atoms with Gasteiger partial charge in [0.25, 0.3) is 10.1 Å². The van der Waals surface area contributed by atoms with Crippen LogP contribution in [0.5, 0.6) is 0 Å². The third-order valence-electron chi connectivity index (χ3n) is 4.91. The Balaban J connectivity index is 0.000000500. The summed E-state index contributed by atoms with van der Waals surface area (Å²) in [5.41, 5.74) is 3.59. The van der Waals surface area contributed by atoms with Gasteiger partial charge in [0, 0.05) is 17.1 Å². The number of aromatic nitrogens is 1. The summed E-state index contributed by atoms with van der Waals surface area (Å²) in [5.74, 6) is 0.722. The summed E-state index contributed by atoms with van der Waals surface area (Å²) in [5, 5.41) is 1.25. The molecule has 1 saturated heterocycles. The van der Waals surface area contributed by atoms with Crippen LogP contribution in [-0.2, 0) is 26.6 Å². The third kappa shape index (κ3) is 7.17. The van der Waals surface area contributed by atoms with E-state index in [1.807, 2.05) is 6.07 Å². The quantitative estimate of drug-likeness (QED) is 0.618. The van der Waals surface area contributed by atoms with E-state index < -0.39 is 20.1 Å². The number of H-pyrrole nitrogens is 1. The lowest BCUT2D eigenvalue weighted by molar-refractivity contribution is 0.256. The molecule has 158 valence electrons. The maximum Gasteiger partial charge on any atom is 0.261 e. The van der Waals surface area contributed by atoms with Crippen LogP contribution in [0.2, 0.25) is 0 Å². The molecule has 10 heteroatoms. The van der Waals surface area contributed by atoms with Gasteiger partial charge in [-0.3, -0.25) is 4.55 Å². The van der Waals surface area contributed by atoms with Gasteiger partial charge in [-0.2, -0.15) is 8.42 Å². The number of hydrogen-bond acceptors (Lipinski definition) is 5. The number of likely N-dealkylation sites (tertiary alicyclic amines) is 1. The molecular formula is C18H29N3O5S2. The van der Waals surface area contributed by atoms with Crippen LogP contribution in [0.15, 0.2) is 24.4 Å². The number of sulfonamides is 1. The molecule has 0 spiro atoms. The van der Waals surface area contributed by atoms with Crippen LogP contribution < -0.4 is 4.72 Å². The van der Waals surface area contributed by atoms with Crippen molar-refractivity contribution in [3.63, 3.8) is 0 Å².